The van der Waals surface area contributed by atoms with E-state index in [2.05, 4.69) is 28.3 Å². The molecule has 2 aromatic heterocycles. The van der Waals surface area contributed by atoms with Gasteiger partial charge in [-0.15, -0.1) is 0 Å². The monoisotopic (exact) mass is 339 g/mol. The third kappa shape index (κ3) is 3.24. The van der Waals surface area contributed by atoms with E-state index in [1.54, 1.807) is 13.0 Å². The molecule has 0 radical (unpaired) electrons. The fraction of sp³-hybridized carbons (Fsp3) is 0.368. The van der Waals surface area contributed by atoms with E-state index in [-0.39, 0.29) is 18.6 Å². The number of para-hydroxylation sites is 1. The summed E-state index contributed by atoms with van der Waals surface area (Å²) in [5, 5.41) is 4.94. The van der Waals surface area contributed by atoms with Crippen LogP contribution in [0.4, 0.5) is 0 Å². The van der Waals surface area contributed by atoms with E-state index in [0.29, 0.717) is 11.6 Å². The zero-order chi connectivity index (χ0) is 17.2. The first-order chi connectivity index (χ1) is 12.2. The third-order valence-electron chi connectivity index (χ3n) is 4.68. The van der Waals surface area contributed by atoms with Crippen LogP contribution < -0.4 is 4.74 Å². The number of amides is 1. The number of nitrogens with zero attached hydrogens (tertiary/aromatic N) is 2. The van der Waals surface area contributed by atoms with Gasteiger partial charge in [-0.3, -0.25) is 4.79 Å². The highest BCUT2D eigenvalue weighted by atomic mass is 16.5. The van der Waals surface area contributed by atoms with Gasteiger partial charge in [0.2, 0.25) is 0 Å². The topological polar surface area (TPSA) is 71.4 Å². The lowest BCUT2D eigenvalue weighted by Gasteiger charge is -2.35. The van der Waals surface area contributed by atoms with E-state index >= 15 is 0 Å². The van der Waals surface area contributed by atoms with E-state index in [9.17, 15) is 4.79 Å². The lowest BCUT2D eigenvalue weighted by molar-refractivity contribution is -0.137. The number of piperidine rings is 1. The van der Waals surface area contributed by atoms with Crippen molar-refractivity contribution >= 4 is 16.8 Å². The number of rotatable bonds is 4. The number of carbonyl (C=O) groups is 1. The van der Waals surface area contributed by atoms with Crippen LogP contribution in [0.1, 0.15) is 36.8 Å². The van der Waals surface area contributed by atoms with Crippen LogP contribution in [0.15, 0.2) is 40.9 Å². The molecule has 1 aliphatic rings. The average Bonchev–Trinajstić information content (AvgIpc) is 3.25. The first-order valence-corrected chi connectivity index (χ1v) is 8.64. The van der Waals surface area contributed by atoms with E-state index in [0.717, 1.165) is 37.0 Å². The van der Waals surface area contributed by atoms with Crippen molar-refractivity contribution in [2.24, 2.45) is 0 Å². The van der Waals surface area contributed by atoms with Crippen LogP contribution in [-0.4, -0.2) is 34.1 Å². The van der Waals surface area contributed by atoms with Crippen molar-refractivity contribution in [3.8, 4) is 5.88 Å². The number of H-pyrrole nitrogens is 1. The van der Waals surface area contributed by atoms with Crippen molar-refractivity contribution in [1.82, 2.24) is 15.0 Å². The average molecular weight is 339 g/mol. The maximum Gasteiger partial charge on any atom is 0.261 e. The summed E-state index contributed by atoms with van der Waals surface area (Å²) in [7, 11) is 0. The molecule has 3 aromatic rings. The number of fused-ring (bicyclic) bond motifs is 1. The minimum atomic E-state index is -0.0251. The summed E-state index contributed by atoms with van der Waals surface area (Å²) < 4.78 is 10.4. The summed E-state index contributed by atoms with van der Waals surface area (Å²) in [5.41, 5.74) is 2.19. The molecule has 1 aliphatic heterocycles. The lowest BCUT2D eigenvalue weighted by atomic mass is 9.99. The molecule has 0 bridgehead atoms. The predicted octanol–water partition coefficient (Wildman–Crippen LogP) is 3.60. The molecule has 1 saturated heterocycles. The maximum atomic E-state index is 12.7. The molecule has 25 heavy (non-hydrogen) atoms. The van der Waals surface area contributed by atoms with Crippen LogP contribution in [0.3, 0.4) is 0 Å². The number of aryl methyl sites for hydroxylation is 1. The lowest BCUT2D eigenvalue weighted by Crippen LogP contribution is -2.41. The van der Waals surface area contributed by atoms with Crippen LogP contribution in [0, 0.1) is 6.92 Å². The molecule has 3 heterocycles. The molecule has 130 valence electrons. The standard InChI is InChI=1S/C19H21N3O3/c1-13-10-18(21-25-13)24-12-19(23)22-9-5-4-8-17(22)16-11-14-6-2-3-7-15(14)20-16/h2-3,6-7,10-11,17,20H,4-5,8-9,12H2,1H3. The van der Waals surface area contributed by atoms with Crippen molar-refractivity contribution < 1.29 is 14.1 Å². The quantitative estimate of drug-likeness (QED) is 0.788. The van der Waals surface area contributed by atoms with Gasteiger partial charge in [-0.05, 0) is 48.9 Å². The van der Waals surface area contributed by atoms with Gasteiger partial charge in [0.25, 0.3) is 11.8 Å². The molecule has 1 unspecified atom stereocenters. The van der Waals surface area contributed by atoms with Gasteiger partial charge in [-0.25, -0.2) is 0 Å². The Kier molecular flexibility index (Phi) is 4.17. The first-order valence-electron chi connectivity index (χ1n) is 8.64. The number of aromatic nitrogens is 2. The van der Waals surface area contributed by atoms with Gasteiger partial charge in [0.1, 0.15) is 5.76 Å². The Balaban J connectivity index is 1.50. The molecule has 1 atom stereocenters. The number of likely N-dealkylation sites (tertiary alicyclic amines) is 1. The van der Waals surface area contributed by atoms with Crippen LogP contribution in [0.5, 0.6) is 5.88 Å². The van der Waals surface area contributed by atoms with Crippen molar-refractivity contribution in [3.05, 3.63) is 47.9 Å². The number of aromatic amines is 1. The van der Waals surface area contributed by atoms with Crippen LogP contribution in [0.2, 0.25) is 0 Å². The van der Waals surface area contributed by atoms with Gasteiger partial charge < -0.3 is 19.1 Å². The van der Waals surface area contributed by atoms with Crippen molar-refractivity contribution in [2.75, 3.05) is 13.2 Å². The molecular formula is C19H21N3O3. The van der Waals surface area contributed by atoms with Crippen molar-refractivity contribution in [1.29, 1.82) is 0 Å². The molecule has 0 aliphatic carbocycles. The zero-order valence-electron chi connectivity index (χ0n) is 14.2. The van der Waals surface area contributed by atoms with Crippen molar-refractivity contribution in [3.63, 3.8) is 0 Å². The van der Waals surface area contributed by atoms with Gasteiger partial charge >= 0.3 is 0 Å². The maximum absolute atomic E-state index is 12.7. The normalized spacial score (nSPS) is 17.8. The highest BCUT2D eigenvalue weighted by molar-refractivity contribution is 5.81. The number of benzene rings is 1. The fourth-order valence-electron chi connectivity index (χ4n) is 3.46. The molecule has 4 rings (SSSR count). The summed E-state index contributed by atoms with van der Waals surface area (Å²) in [6.45, 7) is 2.51. The molecule has 0 spiro atoms. The largest absolute Gasteiger partial charge is 0.465 e. The second-order valence-corrected chi connectivity index (χ2v) is 6.48. The van der Waals surface area contributed by atoms with Gasteiger partial charge in [0.05, 0.1) is 6.04 Å². The minimum absolute atomic E-state index is 0.0241. The van der Waals surface area contributed by atoms with E-state index in [1.165, 1.54) is 5.39 Å². The summed E-state index contributed by atoms with van der Waals surface area (Å²) in [6, 6.07) is 12.1. The van der Waals surface area contributed by atoms with E-state index in [1.807, 2.05) is 17.0 Å². The Hall–Kier alpha value is -2.76. The molecular weight excluding hydrogens is 318 g/mol. The molecule has 1 aromatic carbocycles. The number of carbonyl (C=O) groups excluding carboxylic acids is 1. The summed E-state index contributed by atoms with van der Waals surface area (Å²) in [6.07, 6.45) is 3.10. The van der Waals surface area contributed by atoms with E-state index < -0.39 is 0 Å². The van der Waals surface area contributed by atoms with Gasteiger partial charge in [-0.2, -0.15) is 0 Å². The summed E-state index contributed by atoms with van der Waals surface area (Å²) >= 11 is 0. The third-order valence-corrected chi connectivity index (χ3v) is 4.68. The number of nitrogens with one attached hydrogen (secondary N) is 1. The van der Waals surface area contributed by atoms with Gasteiger partial charge in [-0.1, -0.05) is 18.2 Å². The molecule has 1 amide bonds. The molecule has 0 saturated carbocycles. The molecule has 6 nitrogen and oxygen atoms in total. The number of ether oxygens (including phenoxy) is 1. The second-order valence-electron chi connectivity index (χ2n) is 6.48. The smallest absolute Gasteiger partial charge is 0.261 e. The summed E-state index contributed by atoms with van der Waals surface area (Å²) in [5.74, 6) is 0.991. The SMILES string of the molecule is Cc1cc(OCC(=O)N2CCCCC2c2cc3ccccc3[nH]2)no1. The Morgan fingerprint density at radius 3 is 3.04 bits per heavy atom. The molecule has 1 N–H and O–H groups in total. The summed E-state index contributed by atoms with van der Waals surface area (Å²) in [4.78, 5) is 18.1. The highest BCUT2D eigenvalue weighted by Crippen LogP contribution is 2.32. The van der Waals surface area contributed by atoms with Crippen LogP contribution in [-0.2, 0) is 4.79 Å². The van der Waals surface area contributed by atoms with Crippen LogP contribution >= 0.6 is 0 Å². The second kappa shape index (κ2) is 6.63. The zero-order valence-corrected chi connectivity index (χ0v) is 14.2. The Bertz CT molecular complexity index is 850. The first kappa shape index (κ1) is 15.7. The van der Waals surface area contributed by atoms with Crippen LogP contribution in [0.25, 0.3) is 10.9 Å². The van der Waals surface area contributed by atoms with Crippen molar-refractivity contribution in [2.45, 2.75) is 32.2 Å². The van der Waals surface area contributed by atoms with E-state index in [4.69, 9.17) is 9.26 Å². The predicted molar refractivity (Wildman–Crippen MR) is 93.3 cm³/mol. The molecule has 1 fully saturated rings. The Labute approximate surface area is 145 Å². The molecule has 6 heteroatoms. The number of hydrogen-bond acceptors (Lipinski definition) is 4. The highest BCUT2D eigenvalue weighted by Gasteiger charge is 2.29. The van der Waals surface area contributed by atoms with Gasteiger partial charge in [0, 0.05) is 23.8 Å². The Morgan fingerprint density at radius 2 is 2.24 bits per heavy atom. The Morgan fingerprint density at radius 1 is 1.36 bits per heavy atom. The number of hydrogen-bond donors (Lipinski definition) is 1. The minimum Gasteiger partial charge on any atom is -0.465 e. The van der Waals surface area contributed by atoms with Gasteiger partial charge in [0.15, 0.2) is 6.61 Å². The fourth-order valence-corrected chi connectivity index (χ4v) is 3.46.